The van der Waals surface area contributed by atoms with Crippen molar-refractivity contribution in [3.8, 4) is 11.5 Å². The number of thiophene rings is 2. The smallest absolute Gasteiger partial charge is 0.162 e. The highest BCUT2D eigenvalue weighted by Crippen LogP contribution is 2.42. The summed E-state index contributed by atoms with van der Waals surface area (Å²) in [5.74, 6) is 1.27. The number of halogens is 1. The minimum absolute atomic E-state index is 0.489. The molecule has 0 radical (unpaired) electrons. The number of benzene rings is 1. The molecule has 1 N–H and O–H groups in total. The molecule has 2 aromatic heterocycles. The van der Waals surface area contributed by atoms with Crippen LogP contribution in [0, 0.1) is 0 Å². The van der Waals surface area contributed by atoms with Gasteiger partial charge >= 0.3 is 0 Å². The highest BCUT2D eigenvalue weighted by atomic mass is 35.5. The zero-order valence-electron chi connectivity index (χ0n) is 10.8. The van der Waals surface area contributed by atoms with E-state index >= 15 is 0 Å². The summed E-state index contributed by atoms with van der Waals surface area (Å²) in [6.45, 7) is 1.03. The van der Waals surface area contributed by atoms with Crippen LogP contribution in [0.2, 0.25) is 5.02 Å². The van der Waals surface area contributed by atoms with E-state index in [-0.39, 0.29) is 0 Å². The van der Waals surface area contributed by atoms with Crippen molar-refractivity contribution in [1.82, 2.24) is 0 Å². The van der Waals surface area contributed by atoms with E-state index in [9.17, 15) is 5.11 Å². The third-order valence-corrected chi connectivity index (χ3v) is 5.86. The van der Waals surface area contributed by atoms with Crippen LogP contribution in [0.4, 0.5) is 0 Å². The third kappa shape index (κ3) is 2.30. The molecule has 0 saturated heterocycles. The molecule has 3 nitrogen and oxygen atoms in total. The van der Waals surface area contributed by atoms with Crippen molar-refractivity contribution >= 4 is 43.7 Å². The molecule has 1 atom stereocenters. The molecular formula is C15H11ClO3S2. The lowest BCUT2D eigenvalue weighted by Crippen LogP contribution is -2.16. The van der Waals surface area contributed by atoms with Gasteiger partial charge in [-0.3, -0.25) is 0 Å². The summed E-state index contributed by atoms with van der Waals surface area (Å²) >= 11 is 9.54. The largest absolute Gasteiger partial charge is 0.486 e. The number of hydrogen-bond donors (Lipinski definition) is 1. The fraction of sp³-hybridized carbons (Fsp3) is 0.200. The van der Waals surface area contributed by atoms with Gasteiger partial charge in [-0.05, 0) is 23.6 Å². The lowest BCUT2D eigenvalue weighted by molar-refractivity contribution is 0.170. The molecule has 0 bridgehead atoms. The zero-order valence-corrected chi connectivity index (χ0v) is 13.2. The summed E-state index contributed by atoms with van der Waals surface area (Å²) in [6, 6.07) is 7.56. The molecule has 21 heavy (non-hydrogen) atoms. The molecule has 1 unspecified atom stereocenters. The summed E-state index contributed by atoms with van der Waals surface area (Å²) in [5, 5.41) is 13.2. The maximum absolute atomic E-state index is 10.6. The SMILES string of the molecule is OC(c1cc2sccc2s1)c1cc2c(cc1Cl)OCCO2. The Labute approximate surface area is 134 Å². The number of hydrogen-bond acceptors (Lipinski definition) is 5. The second-order valence-electron chi connectivity index (χ2n) is 4.72. The maximum Gasteiger partial charge on any atom is 0.162 e. The molecule has 1 aromatic carbocycles. The molecular weight excluding hydrogens is 328 g/mol. The van der Waals surface area contributed by atoms with Crippen LogP contribution in [-0.2, 0) is 0 Å². The van der Waals surface area contributed by atoms with Crippen molar-refractivity contribution in [3.63, 3.8) is 0 Å². The van der Waals surface area contributed by atoms with Crippen molar-refractivity contribution in [2.24, 2.45) is 0 Å². The Balaban J connectivity index is 1.76. The van der Waals surface area contributed by atoms with Gasteiger partial charge in [0.25, 0.3) is 0 Å². The average molecular weight is 339 g/mol. The fourth-order valence-electron chi connectivity index (χ4n) is 2.36. The van der Waals surface area contributed by atoms with Crippen LogP contribution >= 0.6 is 34.3 Å². The van der Waals surface area contributed by atoms with Gasteiger partial charge < -0.3 is 14.6 Å². The topological polar surface area (TPSA) is 38.7 Å². The van der Waals surface area contributed by atoms with Crippen molar-refractivity contribution in [1.29, 1.82) is 0 Å². The van der Waals surface area contributed by atoms with Crippen LogP contribution in [0.3, 0.4) is 0 Å². The van der Waals surface area contributed by atoms with E-state index in [1.165, 1.54) is 9.40 Å². The number of rotatable bonds is 2. The highest BCUT2D eigenvalue weighted by molar-refractivity contribution is 7.26. The minimum atomic E-state index is -0.752. The molecule has 0 fully saturated rings. The number of aliphatic hydroxyl groups is 1. The Bertz CT molecular complexity index is 780. The van der Waals surface area contributed by atoms with Gasteiger partial charge in [0, 0.05) is 25.9 Å². The van der Waals surface area contributed by atoms with Crippen LogP contribution in [0.15, 0.2) is 29.6 Å². The van der Waals surface area contributed by atoms with Gasteiger partial charge in [0.15, 0.2) is 11.5 Å². The zero-order chi connectivity index (χ0) is 14.4. The van der Waals surface area contributed by atoms with Gasteiger partial charge in [-0.15, -0.1) is 22.7 Å². The predicted octanol–water partition coefficient (Wildman–Crippen LogP) is 4.47. The lowest BCUT2D eigenvalue weighted by atomic mass is 10.1. The quantitative estimate of drug-likeness (QED) is 0.749. The molecule has 1 aliphatic heterocycles. The van der Waals surface area contributed by atoms with Gasteiger partial charge in [0.1, 0.15) is 19.3 Å². The van der Waals surface area contributed by atoms with Gasteiger partial charge in [0.2, 0.25) is 0 Å². The Hall–Kier alpha value is -1.27. The average Bonchev–Trinajstić information content (AvgIpc) is 3.07. The normalized spacial score (nSPS) is 15.3. The van der Waals surface area contributed by atoms with Crippen LogP contribution in [0.1, 0.15) is 16.5 Å². The second kappa shape index (κ2) is 5.18. The minimum Gasteiger partial charge on any atom is -0.486 e. The fourth-order valence-corrected chi connectivity index (χ4v) is 4.74. The highest BCUT2D eigenvalue weighted by Gasteiger charge is 2.22. The van der Waals surface area contributed by atoms with Crippen molar-refractivity contribution in [3.05, 3.63) is 45.1 Å². The second-order valence-corrected chi connectivity index (χ2v) is 7.19. The van der Waals surface area contributed by atoms with E-state index in [1.807, 2.05) is 11.4 Å². The Morgan fingerprint density at radius 2 is 1.86 bits per heavy atom. The molecule has 3 heterocycles. The van der Waals surface area contributed by atoms with Crippen molar-refractivity contribution < 1.29 is 14.6 Å². The molecule has 3 aromatic rings. The number of aliphatic hydroxyl groups excluding tert-OH is 1. The van der Waals surface area contributed by atoms with E-state index in [1.54, 1.807) is 34.8 Å². The third-order valence-electron chi connectivity index (χ3n) is 3.38. The first-order valence-electron chi connectivity index (χ1n) is 6.46. The van der Waals surface area contributed by atoms with E-state index in [4.69, 9.17) is 21.1 Å². The Morgan fingerprint density at radius 3 is 2.62 bits per heavy atom. The first-order valence-corrected chi connectivity index (χ1v) is 8.54. The van der Waals surface area contributed by atoms with Gasteiger partial charge in [-0.2, -0.15) is 0 Å². The lowest BCUT2D eigenvalue weighted by Gasteiger charge is -2.21. The molecule has 0 spiro atoms. The van der Waals surface area contributed by atoms with Gasteiger partial charge in [-0.1, -0.05) is 11.6 Å². The van der Waals surface area contributed by atoms with E-state index < -0.39 is 6.10 Å². The summed E-state index contributed by atoms with van der Waals surface area (Å²) in [4.78, 5) is 0.885. The van der Waals surface area contributed by atoms with Crippen LogP contribution in [-0.4, -0.2) is 18.3 Å². The molecule has 0 amide bonds. The first-order chi connectivity index (χ1) is 10.2. The molecule has 4 rings (SSSR count). The van der Waals surface area contributed by atoms with Crippen molar-refractivity contribution in [2.75, 3.05) is 13.2 Å². The summed E-state index contributed by atoms with van der Waals surface area (Å²) < 4.78 is 13.4. The number of ether oxygens (including phenoxy) is 2. The molecule has 6 heteroatoms. The van der Waals surface area contributed by atoms with E-state index in [0.29, 0.717) is 35.3 Å². The number of fused-ring (bicyclic) bond motifs is 2. The van der Waals surface area contributed by atoms with Crippen LogP contribution < -0.4 is 9.47 Å². The maximum atomic E-state index is 10.6. The summed E-state index contributed by atoms with van der Waals surface area (Å²) in [5.41, 5.74) is 0.648. The monoisotopic (exact) mass is 338 g/mol. The Morgan fingerprint density at radius 1 is 1.10 bits per heavy atom. The van der Waals surface area contributed by atoms with Crippen LogP contribution in [0.5, 0.6) is 11.5 Å². The molecule has 0 saturated carbocycles. The molecule has 1 aliphatic rings. The van der Waals surface area contributed by atoms with Crippen LogP contribution in [0.25, 0.3) is 9.40 Å². The van der Waals surface area contributed by atoms with E-state index in [0.717, 1.165) is 4.88 Å². The molecule has 108 valence electrons. The molecule has 0 aliphatic carbocycles. The van der Waals surface area contributed by atoms with Crippen molar-refractivity contribution in [2.45, 2.75) is 6.10 Å². The summed E-state index contributed by atoms with van der Waals surface area (Å²) in [7, 11) is 0. The Kier molecular flexibility index (Phi) is 3.30. The summed E-state index contributed by atoms with van der Waals surface area (Å²) in [6.07, 6.45) is -0.752. The van der Waals surface area contributed by atoms with Gasteiger partial charge in [0.05, 0.1) is 5.02 Å². The van der Waals surface area contributed by atoms with E-state index in [2.05, 4.69) is 6.07 Å². The first kappa shape index (κ1) is 13.4. The predicted molar refractivity (Wildman–Crippen MR) is 86.2 cm³/mol. The standard InChI is InChI=1S/C15H11ClO3S2/c16-9-6-11-10(18-2-3-19-11)5-8(9)15(17)14-7-13-12(21-14)1-4-20-13/h1,4-7,15,17H,2-3H2. The van der Waals surface area contributed by atoms with Gasteiger partial charge in [-0.25, -0.2) is 0 Å².